The Hall–Kier alpha value is -1.20. The number of hydrogen-bond donors (Lipinski definition) is 3. The zero-order chi connectivity index (χ0) is 12.2. The number of phosphoric ester groups is 1. The number of aromatic carboxylic acids is 1. The first-order valence-corrected chi connectivity index (χ1v) is 5.94. The van der Waals surface area contributed by atoms with Gasteiger partial charge >= 0.3 is 13.8 Å². The molecule has 0 fully saturated rings. The van der Waals surface area contributed by atoms with Gasteiger partial charge in [-0.1, -0.05) is 18.2 Å². The van der Waals surface area contributed by atoms with Gasteiger partial charge in [0.15, 0.2) is 0 Å². The van der Waals surface area contributed by atoms with Gasteiger partial charge in [0.1, 0.15) is 0 Å². The van der Waals surface area contributed by atoms with Crippen LogP contribution in [0.4, 0.5) is 0 Å². The molecule has 0 heterocycles. The van der Waals surface area contributed by atoms with E-state index in [1.165, 1.54) is 6.07 Å². The summed E-state index contributed by atoms with van der Waals surface area (Å²) in [5.74, 6) is -1.08. The van der Waals surface area contributed by atoms with Crippen LogP contribution in [0.5, 0.6) is 0 Å². The van der Waals surface area contributed by atoms with Crippen molar-refractivity contribution in [2.45, 2.75) is 6.42 Å². The molecule has 3 N–H and O–H groups in total. The number of carbonyl (C=O) groups is 1. The lowest BCUT2D eigenvalue weighted by Gasteiger charge is -2.07. The average molecular weight is 246 g/mol. The van der Waals surface area contributed by atoms with Crippen molar-refractivity contribution in [3.63, 3.8) is 0 Å². The van der Waals surface area contributed by atoms with Gasteiger partial charge in [0.25, 0.3) is 0 Å². The number of hydrogen-bond acceptors (Lipinski definition) is 3. The van der Waals surface area contributed by atoms with E-state index >= 15 is 0 Å². The Morgan fingerprint density at radius 3 is 2.50 bits per heavy atom. The van der Waals surface area contributed by atoms with Crippen molar-refractivity contribution in [2.24, 2.45) is 0 Å². The summed E-state index contributed by atoms with van der Waals surface area (Å²) < 4.78 is 14.6. The molecule has 0 saturated heterocycles. The van der Waals surface area contributed by atoms with Crippen molar-refractivity contribution in [1.29, 1.82) is 0 Å². The van der Waals surface area contributed by atoms with Gasteiger partial charge in [-0.15, -0.1) is 0 Å². The molecule has 0 aromatic heterocycles. The van der Waals surface area contributed by atoms with Gasteiger partial charge in [-0.2, -0.15) is 0 Å². The van der Waals surface area contributed by atoms with Gasteiger partial charge in [-0.25, -0.2) is 9.36 Å². The molecular formula is C9H11O6P. The number of phosphoric acid groups is 1. The zero-order valence-corrected chi connectivity index (χ0v) is 9.13. The predicted molar refractivity (Wildman–Crippen MR) is 55.1 cm³/mol. The third kappa shape index (κ3) is 4.12. The van der Waals surface area contributed by atoms with Gasteiger partial charge in [-0.05, 0) is 18.1 Å². The first kappa shape index (κ1) is 12.9. The summed E-state index contributed by atoms with van der Waals surface area (Å²) in [4.78, 5) is 27.7. The lowest BCUT2D eigenvalue weighted by Crippen LogP contribution is -2.05. The van der Waals surface area contributed by atoms with Gasteiger partial charge in [-0.3, -0.25) is 4.52 Å². The fraction of sp³-hybridized carbons (Fsp3) is 0.222. The summed E-state index contributed by atoms with van der Waals surface area (Å²) in [6, 6.07) is 6.23. The number of carboxylic acid groups (broad SMARTS) is 1. The van der Waals surface area contributed by atoms with Crippen molar-refractivity contribution in [3.8, 4) is 0 Å². The normalized spacial score (nSPS) is 11.4. The van der Waals surface area contributed by atoms with Gasteiger partial charge in [0, 0.05) is 0 Å². The van der Waals surface area contributed by atoms with E-state index in [4.69, 9.17) is 14.9 Å². The van der Waals surface area contributed by atoms with Crippen molar-refractivity contribution < 1.29 is 28.8 Å². The summed E-state index contributed by atoms with van der Waals surface area (Å²) in [6.45, 7) is -0.228. The molecule has 1 aromatic carbocycles. The van der Waals surface area contributed by atoms with Crippen molar-refractivity contribution in [3.05, 3.63) is 35.4 Å². The molecular weight excluding hydrogens is 235 g/mol. The molecule has 0 aliphatic carbocycles. The van der Waals surface area contributed by atoms with E-state index in [0.29, 0.717) is 5.56 Å². The van der Waals surface area contributed by atoms with Gasteiger partial charge in [0.05, 0.1) is 12.2 Å². The minimum absolute atomic E-state index is 0.108. The molecule has 1 aromatic rings. The fourth-order valence-electron chi connectivity index (χ4n) is 1.22. The SMILES string of the molecule is O=C(O)c1ccccc1CCOP(=O)(O)O. The number of rotatable bonds is 5. The number of carboxylic acids is 1. The van der Waals surface area contributed by atoms with E-state index in [1.807, 2.05) is 0 Å². The molecule has 0 amide bonds. The van der Waals surface area contributed by atoms with Crippen LogP contribution in [-0.2, 0) is 15.5 Å². The summed E-state index contributed by atoms with van der Waals surface area (Å²) in [5, 5.41) is 8.83. The second-order valence-electron chi connectivity index (χ2n) is 3.04. The molecule has 6 nitrogen and oxygen atoms in total. The molecule has 0 spiro atoms. The Bertz CT molecular complexity index is 424. The highest BCUT2D eigenvalue weighted by atomic mass is 31.2. The van der Waals surface area contributed by atoms with Gasteiger partial charge < -0.3 is 14.9 Å². The summed E-state index contributed by atoms with van der Waals surface area (Å²) in [6.07, 6.45) is 0.133. The Labute approximate surface area is 91.7 Å². The first-order valence-electron chi connectivity index (χ1n) is 4.41. The predicted octanol–water partition coefficient (Wildman–Crippen LogP) is 1.04. The van der Waals surface area contributed by atoms with Crippen LogP contribution in [0.1, 0.15) is 15.9 Å². The van der Waals surface area contributed by atoms with Crippen molar-refractivity contribution in [1.82, 2.24) is 0 Å². The van der Waals surface area contributed by atoms with Crippen LogP contribution in [0.25, 0.3) is 0 Å². The van der Waals surface area contributed by atoms with Crippen LogP contribution in [0.15, 0.2) is 24.3 Å². The number of benzene rings is 1. The summed E-state index contributed by atoms with van der Waals surface area (Å²) in [5.41, 5.74) is 0.584. The van der Waals surface area contributed by atoms with Crippen LogP contribution in [-0.4, -0.2) is 27.5 Å². The molecule has 1 rings (SSSR count). The molecule has 0 radical (unpaired) electrons. The van der Waals surface area contributed by atoms with Crippen LogP contribution in [0, 0.1) is 0 Å². The molecule has 0 unspecified atom stereocenters. The zero-order valence-electron chi connectivity index (χ0n) is 8.24. The van der Waals surface area contributed by atoms with Crippen molar-refractivity contribution in [2.75, 3.05) is 6.61 Å². The fourth-order valence-corrected chi connectivity index (χ4v) is 1.55. The largest absolute Gasteiger partial charge is 0.478 e. The maximum Gasteiger partial charge on any atom is 0.469 e. The minimum atomic E-state index is -4.49. The van der Waals surface area contributed by atoms with E-state index in [0.717, 1.165) is 0 Å². The molecule has 0 saturated carbocycles. The molecule has 0 aliphatic rings. The highest BCUT2D eigenvalue weighted by Gasteiger charge is 2.14. The highest BCUT2D eigenvalue weighted by Crippen LogP contribution is 2.35. The molecule has 0 aliphatic heterocycles. The minimum Gasteiger partial charge on any atom is -0.478 e. The van der Waals surface area contributed by atoms with Crippen LogP contribution >= 0.6 is 7.82 Å². The standard InChI is InChI=1S/C9H11O6P/c10-9(11)8-4-2-1-3-7(8)5-6-15-16(12,13)14/h1-4H,5-6H2,(H,10,11)(H2,12,13,14). The van der Waals surface area contributed by atoms with Gasteiger partial charge in [0.2, 0.25) is 0 Å². The van der Waals surface area contributed by atoms with Crippen LogP contribution in [0.2, 0.25) is 0 Å². The van der Waals surface area contributed by atoms with E-state index in [-0.39, 0.29) is 18.6 Å². The lowest BCUT2D eigenvalue weighted by atomic mass is 10.1. The second kappa shape index (κ2) is 5.23. The highest BCUT2D eigenvalue weighted by molar-refractivity contribution is 7.46. The third-order valence-electron chi connectivity index (χ3n) is 1.88. The van der Waals surface area contributed by atoms with E-state index in [1.54, 1.807) is 18.2 Å². The topological polar surface area (TPSA) is 104 Å². The Morgan fingerprint density at radius 2 is 1.94 bits per heavy atom. The maximum absolute atomic E-state index is 10.8. The van der Waals surface area contributed by atoms with E-state index in [2.05, 4.69) is 4.52 Å². The Kier molecular flexibility index (Phi) is 4.20. The quantitative estimate of drug-likeness (QED) is 0.670. The molecule has 7 heteroatoms. The molecule has 0 atom stereocenters. The van der Waals surface area contributed by atoms with E-state index < -0.39 is 13.8 Å². The van der Waals surface area contributed by atoms with Crippen LogP contribution < -0.4 is 0 Å². The summed E-state index contributed by atoms with van der Waals surface area (Å²) >= 11 is 0. The molecule has 0 bridgehead atoms. The van der Waals surface area contributed by atoms with Crippen LogP contribution in [0.3, 0.4) is 0 Å². The lowest BCUT2D eigenvalue weighted by molar-refractivity contribution is 0.0695. The average Bonchev–Trinajstić information content (AvgIpc) is 2.16. The smallest absolute Gasteiger partial charge is 0.469 e. The second-order valence-corrected chi connectivity index (χ2v) is 4.28. The molecule has 16 heavy (non-hydrogen) atoms. The Balaban J connectivity index is 2.67. The van der Waals surface area contributed by atoms with Crippen molar-refractivity contribution >= 4 is 13.8 Å². The van der Waals surface area contributed by atoms with E-state index in [9.17, 15) is 9.36 Å². The maximum atomic E-state index is 10.8. The molecule has 88 valence electrons. The third-order valence-corrected chi connectivity index (χ3v) is 2.40. The monoisotopic (exact) mass is 246 g/mol. The summed E-state index contributed by atoms with van der Waals surface area (Å²) in [7, 11) is -4.49. The first-order chi connectivity index (χ1) is 7.40. The Morgan fingerprint density at radius 1 is 1.31 bits per heavy atom.